The van der Waals surface area contributed by atoms with Crippen LogP contribution in [0, 0.1) is 0 Å². The molecule has 1 heterocycles. The molecule has 0 saturated carbocycles. The third-order valence-electron chi connectivity index (χ3n) is 22.9. The quantitative estimate of drug-likeness (QED) is 0.144. The fourth-order valence-corrected chi connectivity index (χ4v) is 17.2. The van der Waals surface area contributed by atoms with Gasteiger partial charge < -0.3 is 4.90 Å². The van der Waals surface area contributed by atoms with E-state index in [0.717, 1.165) is 0 Å². The van der Waals surface area contributed by atoms with Crippen molar-refractivity contribution >= 4 is 459 Å². The van der Waals surface area contributed by atoms with Crippen molar-refractivity contribution in [3.05, 3.63) is 30.3 Å². The van der Waals surface area contributed by atoms with Crippen LogP contribution < -0.4 is 169 Å². The third-order valence-corrected chi connectivity index (χ3v) is 24.2. The van der Waals surface area contributed by atoms with E-state index in [4.69, 9.17) is 0 Å². The lowest BCUT2D eigenvalue weighted by atomic mass is 9.57. The van der Waals surface area contributed by atoms with Crippen LogP contribution in [0.2, 0.25) is 0 Å². The van der Waals surface area contributed by atoms with E-state index in [-0.39, 0.29) is 0 Å². The van der Waals surface area contributed by atoms with E-state index in [2.05, 4.69) is 271 Å². The number of benzene rings is 9. The van der Waals surface area contributed by atoms with Gasteiger partial charge in [-0.05, 0) is 84.3 Å². The number of hydrogen-bond acceptors (Lipinski definition) is 2. The Balaban J connectivity index is 1.41. The SMILES string of the molecule is Bc1ccc(-c2c(B)c(B)c(N(c3cc(B)c(-c4c(B)c(B)c(B)c(B)c4B)c(B)c3)c3cc(B)c(-c4c(B)c(B)c(B)c5c(B)c(B)c(B)c(B)c45)c(B)c3B)c(B)c2-c2c(B)c(B)c(B)c3c2sc2c(B)c(B)c(B)c(B)c23)c(B)c1B. The molecule has 1 aromatic heterocycles. The summed E-state index contributed by atoms with van der Waals surface area (Å²) in [5, 5.41) is 5.69. The van der Waals surface area contributed by atoms with Gasteiger partial charge in [0.05, 0.1) is 0 Å². The second-order valence-electron chi connectivity index (χ2n) is 26.5. The van der Waals surface area contributed by atoms with E-state index in [1.54, 1.807) is 0 Å². The Morgan fingerprint density at radius 2 is 0.619 bits per heavy atom. The molecule has 0 spiro atoms. The second kappa shape index (κ2) is 22.1. The maximum atomic E-state index is 2.72. The van der Waals surface area contributed by atoms with Gasteiger partial charge in [-0.1, -0.05) is 121 Å². The minimum absolute atomic E-state index is 1.19. The number of nitrogens with zero attached hydrogens (tertiary/aromatic N) is 1. The van der Waals surface area contributed by atoms with E-state index in [1.165, 1.54) is 256 Å². The highest BCUT2D eigenvalue weighted by Gasteiger charge is 2.32. The Morgan fingerprint density at radius 3 is 1.15 bits per heavy atom. The second-order valence-corrected chi connectivity index (χ2v) is 27.6. The van der Waals surface area contributed by atoms with Crippen LogP contribution in [-0.2, 0) is 0 Å². The van der Waals surface area contributed by atoms with Crippen molar-refractivity contribution in [1.82, 2.24) is 0 Å². The number of hydrogen-bond donors (Lipinski definition) is 0. The molecule has 9 aromatic carbocycles. The molecule has 10 rings (SSSR count). The Hall–Kier alpha value is -4.79. The molecule has 0 unspecified atom stereocenters. The van der Waals surface area contributed by atoms with Gasteiger partial charge >= 0.3 is 0 Å². The van der Waals surface area contributed by atoms with Gasteiger partial charge in [0.2, 0.25) is 0 Å². The van der Waals surface area contributed by atoms with E-state index >= 15 is 0 Å². The van der Waals surface area contributed by atoms with Crippen LogP contribution in [0.3, 0.4) is 0 Å². The fraction of sp³-hybridized carbons (Fsp3) is 0. The van der Waals surface area contributed by atoms with Gasteiger partial charge in [-0.3, -0.25) is 0 Å². The molecule has 0 bridgehead atoms. The minimum Gasteiger partial charge on any atom is -0.312 e. The van der Waals surface area contributed by atoms with Gasteiger partial charge in [0.1, 0.15) is 235 Å². The van der Waals surface area contributed by atoms with E-state index in [9.17, 15) is 0 Å². The highest BCUT2D eigenvalue weighted by Crippen LogP contribution is 2.41. The van der Waals surface area contributed by atoms with E-state index in [0.29, 0.717) is 0 Å². The van der Waals surface area contributed by atoms with Gasteiger partial charge in [0.25, 0.3) is 0 Å². The van der Waals surface area contributed by atoms with Gasteiger partial charge in [-0.2, -0.15) is 0 Å². The molecule has 0 fully saturated rings. The summed E-state index contributed by atoms with van der Waals surface area (Å²) in [5.41, 5.74) is 55.6. The molecule has 374 valence electrons. The van der Waals surface area contributed by atoms with Crippen LogP contribution in [-0.4, -0.2) is 235 Å². The first kappa shape index (κ1) is 62.3. The van der Waals surface area contributed by atoms with Crippen molar-refractivity contribution in [1.29, 1.82) is 0 Å². The number of anilines is 3. The Kier molecular flexibility index (Phi) is 16.4. The summed E-state index contributed by atoms with van der Waals surface area (Å²) in [7, 11) is 70.9. The lowest BCUT2D eigenvalue weighted by Crippen LogP contribution is -2.56. The molecule has 32 heteroatoms. The topological polar surface area (TPSA) is 3.24 Å². The van der Waals surface area contributed by atoms with E-state index in [1.807, 2.05) is 11.3 Å². The third kappa shape index (κ3) is 8.92. The van der Waals surface area contributed by atoms with Crippen molar-refractivity contribution in [2.75, 3.05) is 4.90 Å². The summed E-state index contributed by atoms with van der Waals surface area (Å²) in [5.74, 6) is 0. The molecule has 0 aliphatic heterocycles. The highest BCUT2D eigenvalue weighted by molar-refractivity contribution is 7.28. The Morgan fingerprint density at radius 1 is 0.226 bits per heavy atom. The van der Waals surface area contributed by atoms with Crippen molar-refractivity contribution in [2.45, 2.75) is 0 Å². The highest BCUT2D eigenvalue weighted by atomic mass is 32.1. The molecule has 0 aliphatic carbocycles. The average molecular weight is 1060 g/mol. The monoisotopic (exact) mass is 1070 g/mol. The first-order valence-corrected chi connectivity index (χ1v) is 31.8. The van der Waals surface area contributed by atoms with Crippen LogP contribution in [0.15, 0.2) is 30.3 Å². The molecule has 0 amide bonds. The molecule has 0 N–H and O–H groups in total. The first-order chi connectivity index (χ1) is 39.2. The summed E-state index contributed by atoms with van der Waals surface area (Å²) in [6.07, 6.45) is 0. The molecule has 84 heavy (non-hydrogen) atoms. The molecule has 0 atom stereocenters. The predicted octanol–water partition coefficient (Wildman–Crippen LogP) is -36.9. The van der Waals surface area contributed by atoms with Crippen molar-refractivity contribution in [3.8, 4) is 44.5 Å². The first-order valence-electron chi connectivity index (χ1n) is 31.0. The summed E-state index contributed by atoms with van der Waals surface area (Å²) in [4.78, 5) is 2.72. The smallest absolute Gasteiger partial charge is 0.142 e. The zero-order chi connectivity index (χ0) is 62.0. The largest absolute Gasteiger partial charge is 0.312 e. The zero-order valence-corrected chi connectivity index (χ0v) is 58.1. The molecule has 0 saturated heterocycles. The number of thiophene rings is 1. The molecular formula is C52H65B30NS. The maximum absolute atomic E-state index is 2.72. The molecular weight excluding hydrogens is 995 g/mol. The van der Waals surface area contributed by atoms with Gasteiger partial charge in [-0.25, -0.2) is 0 Å². The zero-order valence-electron chi connectivity index (χ0n) is 57.2. The predicted molar refractivity (Wildman–Crippen MR) is 479 cm³/mol. The van der Waals surface area contributed by atoms with Crippen molar-refractivity contribution < 1.29 is 0 Å². The minimum atomic E-state index is 1.19. The average Bonchev–Trinajstić information content (AvgIpc) is 3.62. The maximum Gasteiger partial charge on any atom is 0.142 e. The summed E-state index contributed by atoms with van der Waals surface area (Å²) >= 11 is 2.03. The van der Waals surface area contributed by atoms with E-state index < -0.39 is 0 Å². The lowest BCUT2D eigenvalue weighted by Gasteiger charge is -2.37. The lowest BCUT2D eigenvalue weighted by molar-refractivity contribution is 1.33. The number of rotatable bonds is 7. The summed E-state index contributed by atoms with van der Waals surface area (Å²) in [6.45, 7) is 0. The van der Waals surface area contributed by atoms with Crippen LogP contribution in [0.4, 0.5) is 17.1 Å². The Bertz CT molecular complexity index is 4630. The van der Waals surface area contributed by atoms with Crippen molar-refractivity contribution in [3.63, 3.8) is 0 Å². The molecule has 0 aliphatic rings. The normalized spacial score (nSPS) is 11.6. The molecule has 0 radical (unpaired) electrons. The summed E-state index contributed by atoms with van der Waals surface area (Å²) < 4.78 is 2.82. The molecule has 10 aromatic rings. The standard InChI is InChI=1S/C52H65B30NS/c53-8-2-1-7(24(57)25(8)58)13-16(21-35(68)40(73)36(69)22-23-37(70)45(78)47(80)49(82)52(23)84-51(21)22)38(71)50(48(81)27(13)60)83(6-3-9(54)14(10(55)4-6)19-31(64)43(76)46(79)44(77)32(19)65)12-5-11(56)15(28(61)26(12)59)17-18-20(33(66)39(72)29(17)62)34(67)42(75)41(74)30(18)63/h1-5H,53-82H2. The van der Waals surface area contributed by atoms with Crippen LogP contribution >= 0.6 is 11.3 Å². The van der Waals surface area contributed by atoms with Gasteiger partial charge in [0.15, 0.2) is 0 Å². The van der Waals surface area contributed by atoms with Crippen LogP contribution in [0.5, 0.6) is 0 Å². The fourth-order valence-electron chi connectivity index (χ4n) is 15.6. The van der Waals surface area contributed by atoms with Gasteiger partial charge in [0, 0.05) is 26.5 Å². The van der Waals surface area contributed by atoms with Crippen LogP contribution in [0.25, 0.3) is 75.5 Å². The molecule has 1 nitrogen and oxygen atoms in total. The van der Waals surface area contributed by atoms with Crippen LogP contribution in [0.1, 0.15) is 0 Å². The number of fused-ring (bicyclic) bond motifs is 4. The summed E-state index contributed by atoms with van der Waals surface area (Å²) in [6, 6.07) is 12.4. The van der Waals surface area contributed by atoms with Gasteiger partial charge in [-0.15, -0.1) is 66.0 Å². The van der Waals surface area contributed by atoms with Crippen molar-refractivity contribution in [2.24, 2.45) is 0 Å². The Labute approximate surface area is 534 Å².